The van der Waals surface area contributed by atoms with Gasteiger partial charge in [-0.05, 0) is 41.1 Å². The van der Waals surface area contributed by atoms with Crippen LogP contribution in [-0.2, 0) is 0 Å². The summed E-state index contributed by atoms with van der Waals surface area (Å²) in [6.45, 7) is 1.77. The molecule has 23 heavy (non-hydrogen) atoms. The summed E-state index contributed by atoms with van der Waals surface area (Å²) < 4.78 is 8.32. The number of nitrogens with zero attached hydrogens (tertiary/aromatic N) is 5. The van der Waals surface area contributed by atoms with Gasteiger partial charge in [0.15, 0.2) is 0 Å². The minimum atomic E-state index is -0.194. The molecule has 3 rings (SSSR count). The number of carbonyl (C=O) groups excluding carboxylic acids is 1. The zero-order valence-electron chi connectivity index (χ0n) is 12.8. The van der Waals surface area contributed by atoms with Crippen molar-refractivity contribution in [1.29, 1.82) is 0 Å². The Morgan fingerprint density at radius 2 is 2.09 bits per heavy atom. The number of hydrogen-bond acceptors (Lipinski definition) is 5. The molecular formula is C15H14BrN5O2. The fraction of sp³-hybridized carbons (Fsp3) is 0.200. The van der Waals surface area contributed by atoms with Crippen LogP contribution in [0.3, 0.4) is 0 Å². The molecule has 0 fully saturated rings. The Labute approximate surface area is 141 Å². The van der Waals surface area contributed by atoms with Gasteiger partial charge >= 0.3 is 0 Å². The zero-order valence-corrected chi connectivity index (χ0v) is 14.4. The van der Waals surface area contributed by atoms with E-state index in [9.17, 15) is 4.79 Å². The van der Waals surface area contributed by atoms with Crippen LogP contribution in [0.2, 0.25) is 0 Å². The number of ether oxygens (including phenoxy) is 1. The van der Waals surface area contributed by atoms with Crippen LogP contribution in [-0.4, -0.2) is 44.7 Å². The largest absolute Gasteiger partial charge is 0.435 e. The predicted octanol–water partition coefficient (Wildman–Crippen LogP) is 2.69. The predicted molar refractivity (Wildman–Crippen MR) is 87.8 cm³/mol. The average Bonchev–Trinajstić information content (AvgIpc) is 2.89. The van der Waals surface area contributed by atoms with Crippen molar-refractivity contribution < 1.29 is 9.53 Å². The highest BCUT2D eigenvalue weighted by Gasteiger charge is 2.18. The molecule has 0 bridgehead atoms. The maximum Gasteiger partial charge on any atom is 0.258 e. The molecule has 0 spiro atoms. The summed E-state index contributed by atoms with van der Waals surface area (Å²) in [5.74, 6) is 0.486. The van der Waals surface area contributed by atoms with Crippen LogP contribution in [0.5, 0.6) is 11.6 Å². The van der Waals surface area contributed by atoms with Gasteiger partial charge < -0.3 is 9.64 Å². The lowest BCUT2D eigenvalue weighted by Gasteiger charge is -2.13. The lowest BCUT2D eigenvalue weighted by atomic mass is 10.2. The van der Waals surface area contributed by atoms with Gasteiger partial charge in [0, 0.05) is 14.1 Å². The Kier molecular flexibility index (Phi) is 3.99. The number of amides is 1. The summed E-state index contributed by atoms with van der Waals surface area (Å²) in [4.78, 5) is 13.7. The highest BCUT2D eigenvalue weighted by molar-refractivity contribution is 9.10. The van der Waals surface area contributed by atoms with Crippen molar-refractivity contribution in [3.63, 3.8) is 0 Å². The number of aromatic nitrogens is 4. The van der Waals surface area contributed by atoms with E-state index in [2.05, 4.69) is 31.2 Å². The summed E-state index contributed by atoms with van der Waals surface area (Å²) in [5, 5.41) is 12.2. The Balaban J connectivity index is 1.99. The third-order valence-electron chi connectivity index (χ3n) is 3.18. The second kappa shape index (κ2) is 5.96. The SMILES string of the molecule is Cc1cc(C(=O)N(C)C)c(Oc2ccc3c(Br)cnn3c2)nn1. The Bertz CT molecular complexity index is 891. The van der Waals surface area contributed by atoms with E-state index in [4.69, 9.17) is 4.74 Å². The third-order valence-corrected chi connectivity index (χ3v) is 3.79. The molecule has 0 saturated carbocycles. The highest BCUT2D eigenvalue weighted by Crippen LogP contribution is 2.26. The van der Waals surface area contributed by atoms with Crippen LogP contribution in [0.15, 0.2) is 35.1 Å². The topological polar surface area (TPSA) is 72.6 Å². The highest BCUT2D eigenvalue weighted by atomic mass is 79.9. The molecule has 0 aliphatic carbocycles. The summed E-state index contributed by atoms with van der Waals surface area (Å²) in [6.07, 6.45) is 3.41. The molecular weight excluding hydrogens is 362 g/mol. The smallest absolute Gasteiger partial charge is 0.258 e. The first kappa shape index (κ1) is 15.4. The third kappa shape index (κ3) is 3.02. The number of aryl methyl sites for hydroxylation is 1. The number of pyridine rings is 1. The van der Waals surface area contributed by atoms with Crippen LogP contribution in [0, 0.1) is 6.92 Å². The van der Waals surface area contributed by atoms with Crippen LogP contribution < -0.4 is 4.74 Å². The molecule has 0 saturated heterocycles. The molecule has 1 amide bonds. The first-order valence-electron chi connectivity index (χ1n) is 6.82. The lowest BCUT2D eigenvalue weighted by Crippen LogP contribution is -2.23. The van der Waals surface area contributed by atoms with Crippen molar-refractivity contribution in [2.45, 2.75) is 6.92 Å². The summed E-state index contributed by atoms with van der Waals surface area (Å²) >= 11 is 3.42. The van der Waals surface area contributed by atoms with Crippen LogP contribution in [0.1, 0.15) is 16.1 Å². The van der Waals surface area contributed by atoms with E-state index in [1.165, 1.54) is 4.90 Å². The van der Waals surface area contributed by atoms with Crippen LogP contribution >= 0.6 is 15.9 Å². The molecule has 0 aliphatic rings. The molecule has 0 aromatic carbocycles. The molecule has 3 aromatic rings. The van der Waals surface area contributed by atoms with Crippen molar-refractivity contribution >= 4 is 27.4 Å². The van der Waals surface area contributed by atoms with E-state index < -0.39 is 0 Å². The van der Waals surface area contributed by atoms with Gasteiger partial charge in [0.1, 0.15) is 11.3 Å². The van der Waals surface area contributed by atoms with Crippen molar-refractivity contribution in [2.24, 2.45) is 0 Å². The Morgan fingerprint density at radius 3 is 2.83 bits per heavy atom. The normalized spacial score (nSPS) is 10.8. The fourth-order valence-electron chi connectivity index (χ4n) is 2.05. The second-order valence-corrected chi connectivity index (χ2v) is 6.05. The van der Waals surface area contributed by atoms with Gasteiger partial charge in [-0.15, -0.1) is 5.10 Å². The molecule has 3 heterocycles. The van der Waals surface area contributed by atoms with Gasteiger partial charge in [0.2, 0.25) is 0 Å². The molecule has 118 valence electrons. The monoisotopic (exact) mass is 375 g/mol. The van der Waals surface area contributed by atoms with Gasteiger partial charge in [0.05, 0.1) is 28.1 Å². The quantitative estimate of drug-likeness (QED) is 0.703. The second-order valence-electron chi connectivity index (χ2n) is 5.19. The molecule has 3 aromatic heterocycles. The fourth-order valence-corrected chi connectivity index (χ4v) is 2.46. The molecule has 7 nitrogen and oxygen atoms in total. The molecule has 0 radical (unpaired) electrons. The number of hydrogen-bond donors (Lipinski definition) is 0. The maximum atomic E-state index is 12.3. The number of halogens is 1. The zero-order chi connectivity index (χ0) is 16.6. The summed E-state index contributed by atoms with van der Waals surface area (Å²) in [5.41, 5.74) is 1.93. The first-order valence-corrected chi connectivity index (χ1v) is 7.61. The maximum absolute atomic E-state index is 12.3. The Hall–Kier alpha value is -2.48. The van der Waals surface area contributed by atoms with Gasteiger partial charge in [-0.2, -0.15) is 10.2 Å². The van der Waals surface area contributed by atoms with E-state index in [0.29, 0.717) is 17.0 Å². The van der Waals surface area contributed by atoms with Gasteiger partial charge in [-0.25, -0.2) is 4.52 Å². The van der Waals surface area contributed by atoms with E-state index in [1.807, 2.05) is 6.07 Å². The van der Waals surface area contributed by atoms with Gasteiger partial charge in [0.25, 0.3) is 11.8 Å². The number of rotatable bonds is 3. The van der Waals surface area contributed by atoms with Crippen molar-refractivity contribution in [1.82, 2.24) is 24.7 Å². The van der Waals surface area contributed by atoms with Gasteiger partial charge in [-0.1, -0.05) is 0 Å². The van der Waals surface area contributed by atoms with E-state index >= 15 is 0 Å². The first-order chi connectivity index (χ1) is 11.0. The van der Waals surface area contributed by atoms with E-state index in [-0.39, 0.29) is 11.8 Å². The standard InChI is InChI=1S/C15H14BrN5O2/c1-9-6-11(15(22)20(2)3)14(19-18-9)23-10-4-5-13-12(16)7-17-21(13)8-10/h4-8H,1-3H3. The molecule has 8 heteroatoms. The van der Waals surface area contributed by atoms with Crippen LogP contribution in [0.25, 0.3) is 5.52 Å². The molecule has 0 atom stereocenters. The minimum absolute atomic E-state index is 0.167. The van der Waals surface area contributed by atoms with Crippen LogP contribution in [0.4, 0.5) is 0 Å². The van der Waals surface area contributed by atoms with E-state index in [0.717, 1.165) is 9.99 Å². The minimum Gasteiger partial charge on any atom is -0.435 e. The van der Waals surface area contributed by atoms with Crippen molar-refractivity contribution in [3.05, 3.63) is 46.3 Å². The molecule has 0 unspecified atom stereocenters. The average molecular weight is 376 g/mol. The van der Waals surface area contributed by atoms with Gasteiger partial charge in [-0.3, -0.25) is 4.79 Å². The summed E-state index contributed by atoms with van der Waals surface area (Å²) in [7, 11) is 3.35. The van der Waals surface area contributed by atoms with Crippen molar-refractivity contribution in [3.8, 4) is 11.6 Å². The van der Waals surface area contributed by atoms with Crippen molar-refractivity contribution in [2.75, 3.05) is 14.1 Å². The Morgan fingerprint density at radius 1 is 1.30 bits per heavy atom. The molecule has 0 N–H and O–H groups in total. The summed E-state index contributed by atoms with van der Waals surface area (Å²) in [6, 6.07) is 5.31. The number of carbonyl (C=O) groups is 1. The lowest BCUT2D eigenvalue weighted by molar-refractivity contribution is 0.0824. The molecule has 0 aliphatic heterocycles. The number of fused-ring (bicyclic) bond motifs is 1. The van der Waals surface area contributed by atoms with E-state index in [1.54, 1.807) is 50.1 Å².